The number of nitrogens with two attached hydrogens (primary N) is 1. The van der Waals surface area contributed by atoms with Crippen LogP contribution in [0.4, 0.5) is 5.69 Å². The molecule has 0 aliphatic rings. The van der Waals surface area contributed by atoms with Gasteiger partial charge in [0.2, 0.25) is 5.91 Å². The number of nitrogens with one attached hydrogen (secondary N) is 1. The largest absolute Gasteiger partial charge is 0.431 e. The van der Waals surface area contributed by atoms with Gasteiger partial charge in [0.15, 0.2) is 0 Å². The molecule has 3 N–H and O–H groups in total. The van der Waals surface area contributed by atoms with Crippen molar-refractivity contribution in [3.63, 3.8) is 0 Å². The lowest BCUT2D eigenvalue weighted by Gasteiger charge is -2.13. The number of benzene rings is 2. The van der Waals surface area contributed by atoms with E-state index in [1.165, 1.54) is 11.3 Å². The van der Waals surface area contributed by atoms with Crippen LogP contribution in [0.25, 0.3) is 0 Å². The quantitative estimate of drug-likeness (QED) is 0.540. The summed E-state index contributed by atoms with van der Waals surface area (Å²) in [5.41, 5.74) is 7.56. The van der Waals surface area contributed by atoms with Crippen molar-refractivity contribution in [1.82, 2.24) is 4.98 Å². The predicted molar refractivity (Wildman–Crippen MR) is 109 cm³/mol. The van der Waals surface area contributed by atoms with E-state index in [0.29, 0.717) is 23.2 Å². The van der Waals surface area contributed by atoms with Crippen molar-refractivity contribution in [2.75, 3.05) is 11.9 Å². The number of hydrogen-bond donors (Lipinski definition) is 2. The molecule has 1 amide bonds. The molecule has 1 aromatic heterocycles. The van der Waals surface area contributed by atoms with Gasteiger partial charge in [0.05, 0.1) is 23.2 Å². The number of aromatic nitrogens is 1. The maximum atomic E-state index is 12.2. The summed E-state index contributed by atoms with van der Waals surface area (Å²) >= 11 is 4.73. The standard InChI is InChI=1S/C19H18BrN3O3S/c20-17-10-22-19(27-17)26-15-8-6-14(7-9-15)23-18(24)16(21)12-25-11-13-4-2-1-3-5-13/h1-10,16H,11-12,21H2,(H,23,24). The minimum atomic E-state index is -0.752. The summed E-state index contributed by atoms with van der Waals surface area (Å²) < 4.78 is 12.0. The van der Waals surface area contributed by atoms with E-state index in [4.69, 9.17) is 15.2 Å². The number of rotatable bonds is 8. The van der Waals surface area contributed by atoms with E-state index < -0.39 is 6.04 Å². The second-order valence-electron chi connectivity index (χ2n) is 5.65. The Bertz CT molecular complexity index is 871. The summed E-state index contributed by atoms with van der Waals surface area (Å²) in [6.07, 6.45) is 1.68. The van der Waals surface area contributed by atoms with Crippen LogP contribution in [0.15, 0.2) is 64.6 Å². The lowest BCUT2D eigenvalue weighted by molar-refractivity contribution is -0.118. The molecule has 140 valence electrons. The molecule has 6 nitrogen and oxygen atoms in total. The van der Waals surface area contributed by atoms with Crippen LogP contribution in [-0.4, -0.2) is 23.5 Å². The van der Waals surface area contributed by atoms with Crippen molar-refractivity contribution in [3.8, 4) is 10.9 Å². The topological polar surface area (TPSA) is 86.5 Å². The van der Waals surface area contributed by atoms with Gasteiger partial charge in [0.1, 0.15) is 11.8 Å². The average Bonchev–Trinajstić information content (AvgIpc) is 3.09. The first-order valence-corrected chi connectivity index (χ1v) is 9.78. The number of hydrogen-bond acceptors (Lipinski definition) is 6. The highest BCUT2D eigenvalue weighted by Crippen LogP contribution is 2.29. The van der Waals surface area contributed by atoms with Crippen LogP contribution in [0.1, 0.15) is 5.56 Å². The van der Waals surface area contributed by atoms with Crippen molar-refractivity contribution < 1.29 is 14.3 Å². The molecule has 3 aromatic rings. The molecular weight excluding hydrogens is 430 g/mol. The van der Waals surface area contributed by atoms with Gasteiger partial charge in [-0.05, 0) is 45.8 Å². The van der Waals surface area contributed by atoms with Gasteiger partial charge in [-0.15, -0.1) is 0 Å². The van der Waals surface area contributed by atoms with Gasteiger partial charge >= 0.3 is 0 Å². The average molecular weight is 448 g/mol. The van der Waals surface area contributed by atoms with E-state index in [9.17, 15) is 4.79 Å². The number of thiazole rings is 1. The minimum Gasteiger partial charge on any atom is -0.431 e. The van der Waals surface area contributed by atoms with Crippen molar-refractivity contribution in [2.24, 2.45) is 5.73 Å². The van der Waals surface area contributed by atoms with Crippen LogP contribution in [0.2, 0.25) is 0 Å². The maximum absolute atomic E-state index is 12.2. The summed E-state index contributed by atoms with van der Waals surface area (Å²) in [7, 11) is 0. The first kappa shape index (κ1) is 19.5. The number of ether oxygens (including phenoxy) is 2. The van der Waals surface area contributed by atoms with E-state index in [1.54, 1.807) is 30.5 Å². The van der Waals surface area contributed by atoms with Gasteiger partial charge in [-0.2, -0.15) is 0 Å². The minimum absolute atomic E-state index is 0.140. The molecule has 0 bridgehead atoms. The van der Waals surface area contributed by atoms with Crippen LogP contribution in [0.3, 0.4) is 0 Å². The van der Waals surface area contributed by atoms with Gasteiger partial charge in [0.25, 0.3) is 5.19 Å². The van der Waals surface area contributed by atoms with Crippen molar-refractivity contribution in [1.29, 1.82) is 0 Å². The van der Waals surface area contributed by atoms with Crippen molar-refractivity contribution in [3.05, 3.63) is 70.1 Å². The second-order valence-corrected chi connectivity index (χ2v) is 8.03. The highest BCUT2D eigenvalue weighted by Gasteiger charge is 2.14. The van der Waals surface area contributed by atoms with Crippen LogP contribution in [0.5, 0.6) is 10.9 Å². The first-order valence-electron chi connectivity index (χ1n) is 8.17. The fraction of sp³-hybridized carbons (Fsp3) is 0.158. The zero-order valence-electron chi connectivity index (χ0n) is 14.3. The number of amides is 1. The molecule has 8 heteroatoms. The third-order valence-electron chi connectivity index (χ3n) is 3.53. The van der Waals surface area contributed by atoms with Gasteiger partial charge in [-0.25, -0.2) is 4.98 Å². The summed E-state index contributed by atoms with van der Waals surface area (Å²) in [5.74, 6) is 0.325. The SMILES string of the molecule is NC(COCc1ccccc1)C(=O)Nc1ccc(Oc2ncc(Br)s2)cc1. The van der Waals surface area contributed by atoms with E-state index in [0.717, 1.165) is 9.35 Å². The van der Waals surface area contributed by atoms with E-state index in [-0.39, 0.29) is 12.5 Å². The zero-order valence-corrected chi connectivity index (χ0v) is 16.7. The molecule has 0 radical (unpaired) electrons. The Morgan fingerprint density at radius 3 is 2.59 bits per heavy atom. The monoisotopic (exact) mass is 447 g/mol. The molecule has 0 saturated carbocycles. The van der Waals surface area contributed by atoms with Gasteiger partial charge < -0.3 is 20.5 Å². The molecule has 27 heavy (non-hydrogen) atoms. The molecule has 1 atom stereocenters. The number of halogens is 1. The van der Waals surface area contributed by atoms with E-state index in [1.807, 2.05) is 30.3 Å². The van der Waals surface area contributed by atoms with Crippen LogP contribution < -0.4 is 15.8 Å². The summed E-state index contributed by atoms with van der Waals surface area (Å²) in [6.45, 7) is 0.557. The van der Waals surface area contributed by atoms with Gasteiger partial charge in [0, 0.05) is 5.69 Å². The number of nitrogens with zero attached hydrogens (tertiary/aromatic N) is 1. The predicted octanol–water partition coefficient (Wildman–Crippen LogP) is 4.18. The van der Waals surface area contributed by atoms with E-state index in [2.05, 4.69) is 26.2 Å². The van der Waals surface area contributed by atoms with Crippen molar-refractivity contribution in [2.45, 2.75) is 12.6 Å². The van der Waals surface area contributed by atoms with Crippen LogP contribution >= 0.6 is 27.3 Å². The highest BCUT2D eigenvalue weighted by atomic mass is 79.9. The Labute approximate surface area is 169 Å². The smallest absolute Gasteiger partial charge is 0.279 e. The number of anilines is 1. The molecular formula is C19H18BrN3O3S. The Kier molecular flexibility index (Phi) is 6.94. The molecule has 3 rings (SSSR count). The zero-order chi connectivity index (χ0) is 19.1. The third-order valence-corrected chi connectivity index (χ3v) is 4.88. The molecule has 1 unspecified atom stereocenters. The third kappa shape index (κ3) is 6.14. The lowest BCUT2D eigenvalue weighted by Crippen LogP contribution is -2.39. The summed E-state index contributed by atoms with van der Waals surface area (Å²) in [4.78, 5) is 16.3. The Morgan fingerprint density at radius 1 is 1.19 bits per heavy atom. The molecule has 0 aliphatic heterocycles. The molecule has 0 aliphatic carbocycles. The van der Waals surface area contributed by atoms with Crippen LogP contribution in [-0.2, 0) is 16.1 Å². The van der Waals surface area contributed by atoms with Gasteiger partial charge in [-0.1, -0.05) is 41.7 Å². The molecule has 1 heterocycles. The van der Waals surface area contributed by atoms with Gasteiger partial charge in [-0.3, -0.25) is 4.79 Å². The first-order chi connectivity index (χ1) is 13.1. The fourth-order valence-corrected chi connectivity index (χ4v) is 3.22. The van der Waals surface area contributed by atoms with Crippen LogP contribution in [0, 0.1) is 0 Å². The molecule has 0 fully saturated rings. The Balaban J connectivity index is 1.45. The fourth-order valence-electron chi connectivity index (χ4n) is 2.18. The molecule has 0 spiro atoms. The normalized spacial score (nSPS) is 11.8. The lowest BCUT2D eigenvalue weighted by atomic mass is 10.2. The van der Waals surface area contributed by atoms with Crippen molar-refractivity contribution >= 4 is 38.9 Å². The highest BCUT2D eigenvalue weighted by molar-refractivity contribution is 9.11. The number of carbonyl (C=O) groups excluding carboxylic acids is 1. The number of carbonyl (C=O) groups is 1. The molecule has 2 aromatic carbocycles. The maximum Gasteiger partial charge on any atom is 0.279 e. The summed E-state index contributed by atoms with van der Waals surface area (Å²) in [6, 6.07) is 16.0. The second kappa shape index (κ2) is 9.61. The van der Waals surface area contributed by atoms with E-state index >= 15 is 0 Å². The molecule has 0 saturated heterocycles. The Hall–Kier alpha value is -2.26. The summed E-state index contributed by atoms with van der Waals surface area (Å²) in [5, 5.41) is 3.30. The Morgan fingerprint density at radius 2 is 1.93 bits per heavy atom.